The van der Waals surface area contributed by atoms with Crippen molar-refractivity contribution in [1.82, 2.24) is 10.3 Å². The predicted molar refractivity (Wildman–Crippen MR) is 83.7 cm³/mol. The van der Waals surface area contributed by atoms with Gasteiger partial charge in [-0.25, -0.2) is 4.98 Å². The molecule has 0 aliphatic carbocycles. The summed E-state index contributed by atoms with van der Waals surface area (Å²) >= 11 is 0. The quantitative estimate of drug-likeness (QED) is 0.888. The van der Waals surface area contributed by atoms with E-state index in [2.05, 4.69) is 15.0 Å². The van der Waals surface area contributed by atoms with Gasteiger partial charge in [0.2, 0.25) is 0 Å². The van der Waals surface area contributed by atoms with Gasteiger partial charge < -0.3 is 5.32 Å². The van der Waals surface area contributed by atoms with Gasteiger partial charge >= 0.3 is 0 Å². The third-order valence-electron chi connectivity index (χ3n) is 3.30. The molecule has 0 saturated heterocycles. The van der Waals surface area contributed by atoms with E-state index in [0.29, 0.717) is 12.2 Å². The molecule has 0 aliphatic rings. The molecule has 2 rings (SSSR count). The summed E-state index contributed by atoms with van der Waals surface area (Å²) in [5.41, 5.74) is 3.46. The van der Waals surface area contributed by atoms with Gasteiger partial charge in [-0.15, -0.1) is 0 Å². The Morgan fingerprint density at radius 3 is 2.52 bits per heavy atom. The number of hydrogen-bond donors (Lipinski definition) is 2. The van der Waals surface area contributed by atoms with Crippen LogP contribution in [-0.4, -0.2) is 20.4 Å². The van der Waals surface area contributed by atoms with Crippen LogP contribution in [0.1, 0.15) is 16.7 Å². The van der Waals surface area contributed by atoms with Gasteiger partial charge in [0, 0.05) is 12.7 Å². The minimum atomic E-state index is -3.67. The number of nitrogens with one attached hydrogen (secondary N) is 2. The van der Waals surface area contributed by atoms with Crippen LogP contribution < -0.4 is 10.0 Å². The Balaban J connectivity index is 2.27. The summed E-state index contributed by atoms with van der Waals surface area (Å²) < 4.78 is 27.3. The Bertz CT molecular complexity index is 725. The van der Waals surface area contributed by atoms with E-state index in [1.54, 1.807) is 18.3 Å². The van der Waals surface area contributed by atoms with Crippen LogP contribution in [0.25, 0.3) is 0 Å². The fourth-order valence-electron chi connectivity index (χ4n) is 1.94. The molecule has 2 N–H and O–H groups in total. The molecule has 0 amide bonds. The number of aryl methyl sites for hydroxylation is 1. The Hall–Kier alpha value is -1.92. The van der Waals surface area contributed by atoms with Gasteiger partial charge in [-0.05, 0) is 49.7 Å². The number of hydrogen-bond acceptors (Lipinski definition) is 4. The maximum Gasteiger partial charge on any atom is 0.279 e. The van der Waals surface area contributed by atoms with Gasteiger partial charge in [-0.2, -0.15) is 8.42 Å². The number of rotatable bonds is 5. The largest absolute Gasteiger partial charge is 0.316 e. The molecule has 6 heteroatoms. The first-order valence-electron chi connectivity index (χ1n) is 6.62. The van der Waals surface area contributed by atoms with Crippen LogP contribution in [0.3, 0.4) is 0 Å². The second-order valence-electron chi connectivity index (χ2n) is 4.89. The molecule has 21 heavy (non-hydrogen) atoms. The van der Waals surface area contributed by atoms with E-state index < -0.39 is 10.0 Å². The molecule has 0 spiro atoms. The van der Waals surface area contributed by atoms with E-state index in [0.717, 1.165) is 16.7 Å². The first-order valence-corrected chi connectivity index (χ1v) is 8.11. The Labute approximate surface area is 125 Å². The average molecular weight is 305 g/mol. The molecule has 0 atom stereocenters. The monoisotopic (exact) mass is 305 g/mol. The van der Waals surface area contributed by atoms with Crippen molar-refractivity contribution >= 4 is 15.7 Å². The lowest BCUT2D eigenvalue weighted by atomic mass is 10.1. The van der Waals surface area contributed by atoms with Crippen molar-refractivity contribution in [2.45, 2.75) is 25.4 Å². The molecule has 2 aromatic rings. The van der Waals surface area contributed by atoms with Crippen LogP contribution >= 0.6 is 0 Å². The van der Waals surface area contributed by atoms with E-state index in [9.17, 15) is 8.42 Å². The lowest BCUT2D eigenvalue weighted by molar-refractivity contribution is 0.597. The molecule has 112 valence electrons. The van der Waals surface area contributed by atoms with Gasteiger partial charge in [0.1, 0.15) is 0 Å². The summed E-state index contributed by atoms with van der Waals surface area (Å²) in [4.78, 5) is 4.03. The van der Waals surface area contributed by atoms with Gasteiger partial charge in [0.15, 0.2) is 5.03 Å². The zero-order chi connectivity index (χ0) is 15.5. The molecular formula is C15H19N3O2S. The van der Waals surface area contributed by atoms with E-state index in [1.165, 1.54) is 6.07 Å². The SMILES string of the molecule is CNCc1ccc(S(=O)(=O)Nc2cccc(C)c2C)nc1. The molecule has 0 radical (unpaired) electrons. The molecule has 1 aromatic heterocycles. The number of sulfonamides is 1. The van der Waals surface area contributed by atoms with Gasteiger partial charge in [0.05, 0.1) is 5.69 Å². The maximum absolute atomic E-state index is 12.3. The number of benzene rings is 1. The Kier molecular flexibility index (Phi) is 4.59. The highest BCUT2D eigenvalue weighted by Crippen LogP contribution is 2.21. The third-order valence-corrected chi connectivity index (χ3v) is 4.58. The lowest BCUT2D eigenvalue weighted by Gasteiger charge is -2.11. The smallest absolute Gasteiger partial charge is 0.279 e. The van der Waals surface area contributed by atoms with Crippen molar-refractivity contribution in [1.29, 1.82) is 0 Å². The molecular weight excluding hydrogens is 286 g/mol. The zero-order valence-corrected chi connectivity index (χ0v) is 13.2. The Morgan fingerprint density at radius 2 is 1.90 bits per heavy atom. The summed E-state index contributed by atoms with van der Waals surface area (Å²) in [6, 6.07) is 8.78. The second-order valence-corrected chi connectivity index (χ2v) is 6.52. The molecule has 0 unspecified atom stereocenters. The molecule has 5 nitrogen and oxygen atoms in total. The highest BCUT2D eigenvalue weighted by atomic mass is 32.2. The van der Waals surface area contributed by atoms with Crippen molar-refractivity contribution in [3.8, 4) is 0 Å². The number of nitrogens with zero attached hydrogens (tertiary/aromatic N) is 1. The summed E-state index contributed by atoms with van der Waals surface area (Å²) in [6.07, 6.45) is 1.56. The molecule has 1 heterocycles. The summed E-state index contributed by atoms with van der Waals surface area (Å²) in [6.45, 7) is 4.48. The fraction of sp³-hybridized carbons (Fsp3) is 0.267. The van der Waals surface area contributed by atoms with Crippen LogP contribution in [0.15, 0.2) is 41.6 Å². The maximum atomic E-state index is 12.3. The highest BCUT2D eigenvalue weighted by Gasteiger charge is 2.17. The molecule has 0 fully saturated rings. The first kappa shape index (κ1) is 15.5. The molecule has 0 aliphatic heterocycles. The summed E-state index contributed by atoms with van der Waals surface area (Å²) in [5.74, 6) is 0. The second kappa shape index (κ2) is 6.24. The van der Waals surface area contributed by atoms with E-state index in [-0.39, 0.29) is 5.03 Å². The predicted octanol–water partition coefficient (Wildman–Crippen LogP) is 2.22. The van der Waals surface area contributed by atoms with Gasteiger partial charge in [-0.3, -0.25) is 4.72 Å². The summed E-state index contributed by atoms with van der Waals surface area (Å²) in [5, 5.41) is 3.01. The van der Waals surface area contributed by atoms with E-state index >= 15 is 0 Å². The number of aromatic nitrogens is 1. The minimum absolute atomic E-state index is 0.0169. The van der Waals surface area contributed by atoms with Crippen LogP contribution in [-0.2, 0) is 16.6 Å². The first-order chi connectivity index (χ1) is 9.94. The average Bonchev–Trinajstić information content (AvgIpc) is 2.45. The van der Waals surface area contributed by atoms with Crippen molar-refractivity contribution in [3.63, 3.8) is 0 Å². The van der Waals surface area contributed by atoms with Crippen LogP contribution in [0, 0.1) is 13.8 Å². The molecule has 0 bridgehead atoms. The van der Waals surface area contributed by atoms with Crippen molar-refractivity contribution in [3.05, 3.63) is 53.2 Å². The van der Waals surface area contributed by atoms with Gasteiger partial charge in [-0.1, -0.05) is 18.2 Å². The van der Waals surface area contributed by atoms with Crippen LogP contribution in [0.2, 0.25) is 0 Å². The van der Waals surface area contributed by atoms with Crippen molar-refractivity contribution in [2.24, 2.45) is 0 Å². The van der Waals surface area contributed by atoms with Crippen LogP contribution in [0.4, 0.5) is 5.69 Å². The summed E-state index contributed by atoms with van der Waals surface area (Å²) in [7, 11) is -1.84. The normalized spacial score (nSPS) is 11.4. The Morgan fingerprint density at radius 1 is 1.14 bits per heavy atom. The van der Waals surface area contributed by atoms with E-state index in [4.69, 9.17) is 0 Å². The number of anilines is 1. The molecule has 0 saturated carbocycles. The lowest BCUT2D eigenvalue weighted by Crippen LogP contribution is -2.16. The van der Waals surface area contributed by atoms with E-state index in [1.807, 2.05) is 33.0 Å². The topological polar surface area (TPSA) is 71.1 Å². The standard InChI is InChI=1S/C15H19N3O2S/c1-11-5-4-6-14(12(11)2)18-21(19,20)15-8-7-13(9-16-3)10-17-15/h4-8,10,16,18H,9H2,1-3H3. The number of pyridine rings is 1. The van der Waals surface area contributed by atoms with Crippen molar-refractivity contribution < 1.29 is 8.42 Å². The minimum Gasteiger partial charge on any atom is -0.316 e. The fourth-order valence-corrected chi connectivity index (χ4v) is 2.99. The highest BCUT2D eigenvalue weighted by molar-refractivity contribution is 7.92. The van der Waals surface area contributed by atoms with Crippen molar-refractivity contribution in [2.75, 3.05) is 11.8 Å². The van der Waals surface area contributed by atoms with Crippen LogP contribution in [0.5, 0.6) is 0 Å². The van der Waals surface area contributed by atoms with Gasteiger partial charge in [0.25, 0.3) is 10.0 Å². The molecule has 1 aromatic carbocycles. The third kappa shape index (κ3) is 3.59. The zero-order valence-electron chi connectivity index (χ0n) is 12.3.